The number of aromatic nitrogens is 1. The molecular formula is C12H12BrFN2S. The average molecular weight is 315 g/mol. The van der Waals surface area contributed by atoms with Gasteiger partial charge in [-0.2, -0.15) is 0 Å². The highest BCUT2D eigenvalue weighted by Crippen LogP contribution is 2.16. The molecule has 0 aliphatic heterocycles. The van der Waals surface area contributed by atoms with Crippen LogP contribution in [-0.2, 0) is 13.1 Å². The number of nitrogens with zero attached hydrogens (tertiary/aromatic N) is 1. The number of aryl methyl sites for hydroxylation is 1. The van der Waals surface area contributed by atoms with Crippen LogP contribution in [0.4, 0.5) is 4.39 Å². The molecule has 0 spiro atoms. The van der Waals surface area contributed by atoms with Crippen LogP contribution in [0.5, 0.6) is 0 Å². The maximum absolute atomic E-state index is 13.5. The lowest BCUT2D eigenvalue weighted by Crippen LogP contribution is -2.13. The van der Waals surface area contributed by atoms with E-state index < -0.39 is 0 Å². The van der Waals surface area contributed by atoms with Gasteiger partial charge >= 0.3 is 0 Å². The van der Waals surface area contributed by atoms with Gasteiger partial charge in [0.15, 0.2) is 0 Å². The van der Waals surface area contributed by atoms with Crippen LogP contribution in [0, 0.1) is 12.7 Å². The zero-order chi connectivity index (χ0) is 12.3. The molecule has 0 radical (unpaired) electrons. The molecule has 0 aliphatic rings. The van der Waals surface area contributed by atoms with Crippen molar-refractivity contribution in [1.29, 1.82) is 0 Å². The van der Waals surface area contributed by atoms with Crippen LogP contribution in [0.2, 0.25) is 0 Å². The van der Waals surface area contributed by atoms with Gasteiger partial charge in [0.1, 0.15) is 5.82 Å². The van der Waals surface area contributed by atoms with Crippen molar-refractivity contribution >= 4 is 27.3 Å². The minimum Gasteiger partial charge on any atom is -0.308 e. The first-order chi connectivity index (χ1) is 8.16. The molecule has 1 N–H and O–H groups in total. The van der Waals surface area contributed by atoms with Crippen molar-refractivity contribution in [3.05, 3.63) is 50.1 Å². The fraction of sp³-hybridized carbons (Fsp3) is 0.250. The molecule has 1 heterocycles. The van der Waals surface area contributed by atoms with Crippen LogP contribution in [0.25, 0.3) is 0 Å². The lowest BCUT2D eigenvalue weighted by atomic mass is 10.2. The second kappa shape index (κ2) is 5.71. The summed E-state index contributed by atoms with van der Waals surface area (Å²) in [5, 5.41) is 3.22. The van der Waals surface area contributed by atoms with Gasteiger partial charge in [0, 0.05) is 28.0 Å². The molecule has 0 fully saturated rings. The Morgan fingerprint density at radius 1 is 1.41 bits per heavy atom. The lowest BCUT2D eigenvalue weighted by molar-refractivity contribution is 0.588. The average Bonchev–Trinajstić information content (AvgIpc) is 2.68. The Kier molecular flexibility index (Phi) is 4.25. The minimum atomic E-state index is -0.187. The fourth-order valence-electron chi connectivity index (χ4n) is 1.47. The summed E-state index contributed by atoms with van der Waals surface area (Å²) in [6, 6.07) is 5.11. The second-order valence-electron chi connectivity index (χ2n) is 3.70. The molecule has 2 rings (SSSR count). The van der Waals surface area contributed by atoms with Gasteiger partial charge < -0.3 is 5.32 Å². The third-order valence-corrected chi connectivity index (χ3v) is 3.89. The largest absolute Gasteiger partial charge is 0.308 e. The van der Waals surface area contributed by atoms with E-state index in [4.69, 9.17) is 0 Å². The Bertz CT molecular complexity index is 513. The molecule has 0 aliphatic carbocycles. The summed E-state index contributed by atoms with van der Waals surface area (Å²) in [6.45, 7) is 3.23. The van der Waals surface area contributed by atoms with Crippen LogP contribution in [-0.4, -0.2) is 4.98 Å². The Hall–Kier alpha value is -0.780. The molecule has 1 aromatic carbocycles. The molecule has 17 heavy (non-hydrogen) atoms. The van der Waals surface area contributed by atoms with Crippen LogP contribution in [0.15, 0.2) is 28.2 Å². The van der Waals surface area contributed by atoms with E-state index in [1.54, 1.807) is 17.4 Å². The highest BCUT2D eigenvalue weighted by Gasteiger charge is 2.04. The predicted molar refractivity (Wildman–Crippen MR) is 71.5 cm³/mol. The summed E-state index contributed by atoms with van der Waals surface area (Å²) >= 11 is 4.85. The van der Waals surface area contributed by atoms with Crippen LogP contribution < -0.4 is 5.32 Å². The lowest BCUT2D eigenvalue weighted by Gasteiger charge is -2.05. The molecule has 0 bridgehead atoms. The van der Waals surface area contributed by atoms with E-state index in [2.05, 4.69) is 26.2 Å². The van der Waals surface area contributed by atoms with E-state index in [9.17, 15) is 4.39 Å². The molecule has 0 atom stereocenters. The van der Waals surface area contributed by atoms with Crippen molar-refractivity contribution in [2.24, 2.45) is 0 Å². The zero-order valence-electron chi connectivity index (χ0n) is 9.34. The maximum atomic E-state index is 13.5. The molecule has 1 aromatic heterocycles. The highest BCUT2D eigenvalue weighted by atomic mass is 79.9. The van der Waals surface area contributed by atoms with Gasteiger partial charge in [-0.25, -0.2) is 9.37 Å². The summed E-state index contributed by atoms with van der Waals surface area (Å²) < 4.78 is 14.3. The normalized spacial score (nSPS) is 10.8. The van der Waals surface area contributed by atoms with E-state index >= 15 is 0 Å². The molecule has 5 heteroatoms. The zero-order valence-corrected chi connectivity index (χ0v) is 11.7. The third-order valence-electron chi connectivity index (χ3n) is 2.46. The molecular weight excluding hydrogens is 303 g/mol. The highest BCUT2D eigenvalue weighted by molar-refractivity contribution is 9.10. The van der Waals surface area contributed by atoms with E-state index in [0.717, 1.165) is 16.7 Å². The van der Waals surface area contributed by atoms with Gasteiger partial charge in [-0.1, -0.05) is 22.0 Å². The monoisotopic (exact) mass is 314 g/mol. The maximum Gasteiger partial charge on any atom is 0.128 e. The number of benzene rings is 1. The molecule has 0 saturated heterocycles. The number of hydrogen-bond donors (Lipinski definition) is 1. The summed E-state index contributed by atoms with van der Waals surface area (Å²) in [7, 11) is 0. The number of halogens is 2. The van der Waals surface area contributed by atoms with Crippen molar-refractivity contribution in [1.82, 2.24) is 10.3 Å². The Labute approximate surface area is 112 Å². The Morgan fingerprint density at radius 3 is 2.88 bits per heavy atom. The molecule has 0 saturated carbocycles. The number of nitrogens with one attached hydrogen (secondary N) is 1. The van der Waals surface area contributed by atoms with Crippen molar-refractivity contribution in [2.45, 2.75) is 20.0 Å². The minimum absolute atomic E-state index is 0.187. The van der Waals surface area contributed by atoms with Crippen molar-refractivity contribution in [3.63, 3.8) is 0 Å². The Balaban J connectivity index is 1.92. The quantitative estimate of drug-likeness (QED) is 0.932. The Morgan fingerprint density at radius 2 is 2.24 bits per heavy atom. The number of thiazole rings is 1. The first-order valence-electron chi connectivity index (χ1n) is 5.20. The molecule has 0 unspecified atom stereocenters. The predicted octanol–water partition coefficient (Wildman–Crippen LogP) is 3.64. The molecule has 0 amide bonds. The van der Waals surface area contributed by atoms with Gasteiger partial charge in [-0.15, -0.1) is 11.3 Å². The number of hydrogen-bond acceptors (Lipinski definition) is 3. The molecule has 2 aromatic rings. The topological polar surface area (TPSA) is 24.9 Å². The smallest absolute Gasteiger partial charge is 0.128 e. The van der Waals surface area contributed by atoms with Gasteiger partial charge in [-0.05, 0) is 19.1 Å². The van der Waals surface area contributed by atoms with Crippen molar-refractivity contribution in [2.75, 3.05) is 0 Å². The van der Waals surface area contributed by atoms with Crippen LogP contribution in [0.3, 0.4) is 0 Å². The second-order valence-corrected chi connectivity index (χ2v) is 5.56. The van der Waals surface area contributed by atoms with Crippen LogP contribution in [0.1, 0.15) is 16.1 Å². The van der Waals surface area contributed by atoms with Gasteiger partial charge in [0.2, 0.25) is 0 Å². The first-order valence-corrected chi connectivity index (χ1v) is 6.87. The number of rotatable bonds is 4. The van der Waals surface area contributed by atoms with Crippen molar-refractivity contribution < 1.29 is 4.39 Å². The summed E-state index contributed by atoms with van der Waals surface area (Å²) in [6.07, 6.45) is 0. The van der Waals surface area contributed by atoms with Gasteiger partial charge in [0.05, 0.1) is 11.2 Å². The summed E-state index contributed by atoms with van der Waals surface area (Å²) in [5.74, 6) is -0.187. The van der Waals surface area contributed by atoms with E-state index in [1.165, 1.54) is 10.9 Å². The van der Waals surface area contributed by atoms with E-state index in [1.807, 2.05) is 18.5 Å². The summed E-state index contributed by atoms with van der Waals surface area (Å²) in [5.41, 5.74) is 3.54. The SMILES string of the molecule is Cc1ncsc1CNCc1ccc(Br)cc1F. The third kappa shape index (κ3) is 3.34. The van der Waals surface area contributed by atoms with E-state index in [0.29, 0.717) is 12.1 Å². The first kappa shape index (κ1) is 12.7. The molecule has 2 nitrogen and oxygen atoms in total. The standard InChI is InChI=1S/C12H12BrFN2S/c1-8-12(17-7-16-8)6-15-5-9-2-3-10(13)4-11(9)14/h2-4,7,15H,5-6H2,1H3. The summed E-state index contributed by atoms with van der Waals surface area (Å²) in [4.78, 5) is 5.37. The fourth-order valence-corrected chi connectivity index (χ4v) is 2.55. The van der Waals surface area contributed by atoms with Crippen LogP contribution >= 0.6 is 27.3 Å². The van der Waals surface area contributed by atoms with Gasteiger partial charge in [0.25, 0.3) is 0 Å². The molecule has 90 valence electrons. The van der Waals surface area contributed by atoms with E-state index in [-0.39, 0.29) is 5.82 Å². The van der Waals surface area contributed by atoms with Crippen molar-refractivity contribution in [3.8, 4) is 0 Å². The van der Waals surface area contributed by atoms with Gasteiger partial charge in [-0.3, -0.25) is 0 Å².